The minimum Gasteiger partial charge on any atom is -0.466 e. The van der Waals surface area contributed by atoms with Gasteiger partial charge in [0.2, 0.25) is 0 Å². The van der Waals surface area contributed by atoms with Gasteiger partial charge < -0.3 is 14.2 Å². The fourth-order valence-electron chi connectivity index (χ4n) is 3.60. The second-order valence-corrected chi connectivity index (χ2v) is 9.33. The summed E-state index contributed by atoms with van der Waals surface area (Å²) in [6.07, 6.45) is 20.6. The Balaban J connectivity index is 3.14. The lowest BCUT2D eigenvalue weighted by atomic mass is 10.0. The fraction of sp³-hybridized carbons (Fsp3) is 0.963. The van der Waals surface area contributed by atoms with E-state index in [0.717, 1.165) is 38.2 Å². The lowest BCUT2D eigenvalue weighted by molar-refractivity contribution is -0.144. The van der Waals surface area contributed by atoms with E-state index in [-0.39, 0.29) is 5.97 Å². The van der Waals surface area contributed by atoms with Gasteiger partial charge in [0, 0.05) is 19.6 Å². The predicted molar refractivity (Wildman–Crippen MR) is 132 cm³/mol. The molecule has 0 spiro atoms. The quantitative estimate of drug-likeness (QED) is 0.107. The third kappa shape index (κ3) is 27.4. The molecular formula is C27H54O4. The third-order valence-electron chi connectivity index (χ3n) is 5.62. The average molecular weight is 443 g/mol. The Kier molecular flexibility index (Phi) is 25.1. The highest BCUT2D eigenvalue weighted by molar-refractivity contribution is 5.69. The summed E-state index contributed by atoms with van der Waals surface area (Å²) >= 11 is 0. The van der Waals surface area contributed by atoms with Gasteiger partial charge in [0.05, 0.1) is 19.8 Å². The van der Waals surface area contributed by atoms with Crippen LogP contribution in [-0.4, -0.2) is 39.0 Å². The molecule has 0 saturated carbocycles. The Morgan fingerprint density at radius 2 is 1.06 bits per heavy atom. The van der Waals surface area contributed by atoms with Crippen molar-refractivity contribution in [2.24, 2.45) is 5.92 Å². The number of unbranched alkanes of at least 4 members (excludes halogenated alkanes) is 12. The number of hydrogen-bond acceptors (Lipinski definition) is 4. The van der Waals surface area contributed by atoms with Crippen LogP contribution in [0.2, 0.25) is 0 Å². The highest BCUT2D eigenvalue weighted by atomic mass is 16.5. The van der Waals surface area contributed by atoms with E-state index in [1.807, 2.05) is 0 Å². The van der Waals surface area contributed by atoms with Crippen LogP contribution >= 0.6 is 0 Å². The lowest BCUT2D eigenvalue weighted by Crippen LogP contribution is -2.09. The third-order valence-corrected chi connectivity index (χ3v) is 5.62. The summed E-state index contributed by atoms with van der Waals surface area (Å²) < 4.78 is 16.4. The Morgan fingerprint density at radius 1 is 0.581 bits per heavy atom. The first-order valence-electron chi connectivity index (χ1n) is 13.5. The monoisotopic (exact) mass is 442 g/mol. The van der Waals surface area contributed by atoms with E-state index < -0.39 is 0 Å². The number of esters is 1. The van der Waals surface area contributed by atoms with Gasteiger partial charge in [-0.1, -0.05) is 104 Å². The molecule has 0 aliphatic carbocycles. The number of ether oxygens (including phenoxy) is 3. The molecule has 0 atom stereocenters. The summed E-state index contributed by atoms with van der Waals surface area (Å²) in [4.78, 5) is 11.7. The second kappa shape index (κ2) is 25.6. The van der Waals surface area contributed by atoms with Gasteiger partial charge in [-0.2, -0.15) is 0 Å². The molecule has 0 bridgehead atoms. The molecule has 4 nitrogen and oxygen atoms in total. The highest BCUT2D eigenvalue weighted by Crippen LogP contribution is 2.11. The minimum absolute atomic E-state index is 0.0926. The van der Waals surface area contributed by atoms with Gasteiger partial charge in [0.25, 0.3) is 0 Å². The summed E-state index contributed by atoms with van der Waals surface area (Å²) in [5.74, 6) is 0.715. The van der Waals surface area contributed by atoms with Crippen molar-refractivity contribution in [1.82, 2.24) is 0 Å². The van der Waals surface area contributed by atoms with Crippen molar-refractivity contribution in [3.63, 3.8) is 0 Å². The Hall–Kier alpha value is -0.610. The maximum Gasteiger partial charge on any atom is 0.305 e. The molecule has 0 unspecified atom stereocenters. The lowest BCUT2D eigenvalue weighted by Gasteiger charge is -2.07. The van der Waals surface area contributed by atoms with Gasteiger partial charge >= 0.3 is 5.97 Å². The van der Waals surface area contributed by atoms with Gasteiger partial charge in [-0.05, 0) is 25.2 Å². The van der Waals surface area contributed by atoms with Gasteiger partial charge in [0.15, 0.2) is 0 Å². The SMILES string of the molecule is CCCCCCCCCCCOCCOCCCC(=O)OCCCCCCCC(C)C. The van der Waals surface area contributed by atoms with Crippen LogP contribution in [0.25, 0.3) is 0 Å². The molecule has 0 heterocycles. The first kappa shape index (κ1) is 30.4. The summed E-state index contributed by atoms with van der Waals surface area (Å²) in [7, 11) is 0. The van der Waals surface area contributed by atoms with Gasteiger partial charge in [-0.25, -0.2) is 0 Å². The van der Waals surface area contributed by atoms with Crippen molar-refractivity contribution in [2.75, 3.05) is 33.0 Å². The summed E-state index contributed by atoms with van der Waals surface area (Å²) in [6, 6.07) is 0. The molecule has 0 amide bonds. The van der Waals surface area contributed by atoms with E-state index in [1.54, 1.807) is 0 Å². The fourth-order valence-corrected chi connectivity index (χ4v) is 3.60. The van der Waals surface area contributed by atoms with Crippen LogP contribution in [-0.2, 0) is 19.0 Å². The molecule has 0 aliphatic heterocycles. The van der Waals surface area contributed by atoms with Crippen molar-refractivity contribution in [2.45, 2.75) is 130 Å². The zero-order valence-electron chi connectivity index (χ0n) is 21.3. The van der Waals surface area contributed by atoms with Gasteiger partial charge in [0.1, 0.15) is 0 Å². The van der Waals surface area contributed by atoms with Crippen molar-refractivity contribution >= 4 is 5.97 Å². The molecule has 0 aromatic heterocycles. The number of carbonyl (C=O) groups excluding carboxylic acids is 1. The molecule has 4 heteroatoms. The van der Waals surface area contributed by atoms with E-state index in [9.17, 15) is 4.79 Å². The first-order chi connectivity index (χ1) is 15.2. The average Bonchev–Trinajstić information content (AvgIpc) is 2.75. The predicted octanol–water partition coefficient (Wildman–Crippen LogP) is 7.87. The molecule has 0 aliphatic rings. The maximum absolute atomic E-state index is 11.7. The first-order valence-corrected chi connectivity index (χ1v) is 13.5. The largest absolute Gasteiger partial charge is 0.466 e. The second-order valence-electron chi connectivity index (χ2n) is 9.33. The van der Waals surface area contributed by atoms with E-state index in [2.05, 4.69) is 20.8 Å². The van der Waals surface area contributed by atoms with E-state index in [1.165, 1.54) is 77.0 Å². The molecule has 0 N–H and O–H groups in total. The molecule has 0 saturated heterocycles. The molecule has 186 valence electrons. The standard InChI is InChI=1S/C27H54O4/c1-4-5-6-7-8-9-10-13-16-21-29-24-25-30-22-18-20-27(28)31-23-17-14-11-12-15-19-26(2)3/h26H,4-25H2,1-3H3. The van der Waals surface area contributed by atoms with Crippen LogP contribution in [0.3, 0.4) is 0 Å². The highest BCUT2D eigenvalue weighted by Gasteiger charge is 2.03. The van der Waals surface area contributed by atoms with Crippen molar-refractivity contribution in [1.29, 1.82) is 0 Å². The number of carbonyl (C=O) groups is 1. The molecule has 0 aromatic carbocycles. The Bertz CT molecular complexity index is 357. The normalized spacial score (nSPS) is 11.4. The van der Waals surface area contributed by atoms with Crippen LogP contribution in [0.5, 0.6) is 0 Å². The molecule has 0 radical (unpaired) electrons. The number of rotatable bonds is 25. The summed E-state index contributed by atoms with van der Waals surface area (Å²) in [5.41, 5.74) is 0. The maximum atomic E-state index is 11.7. The van der Waals surface area contributed by atoms with Crippen LogP contribution in [0.4, 0.5) is 0 Å². The van der Waals surface area contributed by atoms with Crippen LogP contribution in [0.15, 0.2) is 0 Å². The summed E-state index contributed by atoms with van der Waals surface area (Å²) in [5, 5.41) is 0. The summed E-state index contributed by atoms with van der Waals surface area (Å²) in [6.45, 7) is 10.1. The van der Waals surface area contributed by atoms with Crippen LogP contribution in [0.1, 0.15) is 130 Å². The van der Waals surface area contributed by atoms with Crippen LogP contribution < -0.4 is 0 Å². The van der Waals surface area contributed by atoms with E-state index in [4.69, 9.17) is 14.2 Å². The molecular weight excluding hydrogens is 388 g/mol. The van der Waals surface area contributed by atoms with Crippen molar-refractivity contribution in [3.8, 4) is 0 Å². The zero-order chi connectivity index (χ0) is 22.8. The Labute approximate surface area is 194 Å². The van der Waals surface area contributed by atoms with Crippen molar-refractivity contribution < 1.29 is 19.0 Å². The van der Waals surface area contributed by atoms with Crippen molar-refractivity contribution in [3.05, 3.63) is 0 Å². The topological polar surface area (TPSA) is 44.8 Å². The smallest absolute Gasteiger partial charge is 0.305 e. The Morgan fingerprint density at radius 3 is 1.65 bits per heavy atom. The molecule has 31 heavy (non-hydrogen) atoms. The number of hydrogen-bond donors (Lipinski definition) is 0. The van der Waals surface area contributed by atoms with Crippen LogP contribution in [0, 0.1) is 5.92 Å². The minimum atomic E-state index is -0.0926. The zero-order valence-corrected chi connectivity index (χ0v) is 21.3. The molecule has 0 fully saturated rings. The van der Waals surface area contributed by atoms with Gasteiger partial charge in [-0.3, -0.25) is 4.79 Å². The van der Waals surface area contributed by atoms with E-state index >= 15 is 0 Å². The van der Waals surface area contributed by atoms with E-state index in [0.29, 0.717) is 32.8 Å². The van der Waals surface area contributed by atoms with Gasteiger partial charge in [-0.15, -0.1) is 0 Å². The molecule has 0 aromatic rings. The molecule has 0 rings (SSSR count).